The van der Waals surface area contributed by atoms with Crippen molar-refractivity contribution in [3.8, 4) is 0 Å². The van der Waals surface area contributed by atoms with Crippen molar-refractivity contribution in [1.29, 1.82) is 0 Å². The number of anilines is 2. The molecule has 1 heterocycles. The van der Waals surface area contributed by atoms with Crippen molar-refractivity contribution in [2.75, 3.05) is 29.7 Å². The van der Waals surface area contributed by atoms with Crippen molar-refractivity contribution in [1.82, 2.24) is 4.98 Å². The number of aromatic nitrogens is 1. The first-order chi connectivity index (χ1) is 7.97. The fraction of sp³-hybridized carbons (Fsp3) is 0.455. The van der Waals surface area contributed by atoms with Crippen LogP contribution in [0.15, 0.2) is 12.3 Å². The van der Waals surface area contributed by atoms with E-state index >= 15 is 0 Å². The van der Waals surface area contributed by atoms with E-state index in [1.165, 1.54) is 12.3 Å². The van der Waals surface area contributed by atoms with E-state index in [2.05, 4.69) is 11.9 Å². The van der Waals surface area contributed by atoms with E-state index in [0.29, 0.717) is 11.5 Å². The Morgan fingerprint density at radius 3 is 2.82 bits per heavy atom. The summed E-state index contributed by atoms with van der Waals surface area (Å²) in [4.78, 5) is 16.8. The molecule has 0 aliphatic rings. The van der Waals surface area contributed by atoms with Crippen molar-refractivity contribution in [2.24, 2.45) is 0 Å². The zero-order valence-corrected chi connectivity index (χ0v) is 11.0. The lowest BCUT2D eigenvalue weighted by Gasteiger charge is -2.26. The third-order valence-corrected chi connectivity index (χ3v) is 3.36. The number of nitrogens with two attached hydrogens (primary N) is 1. The SMILES string of the molecule is CSCC(C)N(C)c1ncc(C(=O)O)cc1N. The summed E-state index contributed by atoms with van der Waals surface area (Å²) in [7, 11) is 1.90. The maximum atomic E-state index is 10.8. The smallest absolute Gasteiger partial charge is 0.337 e. The minimum Gasteiger partial charge on any atom is -0.478 e. The lowest BCUT2D eigenvalue weighted by atomic mass is 10.2. The molecule has 0 spiro atoms. The number of hydrogen-bond acceptors (Lipinski definition) is 5. The molecule has 1 rings (SSSR count). The molecule has 0 saturated heterocycles. The largest absolute Gasteiger partial charge is 0.478 e. The minimum atomic E-state index is -1.02. The Kier molecular flexibility index (Phi) is 4.62. The molecule has 5 nitrogen and oxygen atoms in total. The standard InChI is InChI=1S/C11H17N3O2S/c1-7(6-17-3)14(2)10-9(12)4-8(5-13-10)11(15)16/h4-5,7H,6,12H2,1-3H3,(H,15,16). The Balaban J connectivity index is 2.95. The number of nitrogen functional groups attached to an aromatic ring is 1. The van der Waals surface area contributed by atoms with Gasteiger partial charge in [-0.25, -0.2) is 9.78 Å². The molecule has 3 N–H and O–H groups in total. The molecule has 0 radical (unpaired) electrons. The lowest BCUT2D eigenvalue weighted by Crippen LogP contribution is -2.32. The zero-order valence-electron chi connectivity index (χ0n) is 10.2. The Morgan fingerprint density at radius 2 is 2.35 bits per heavy atom. The number of thioether (sulfide) groups is 1. The van der Waals surface area contributed by atoms with Crippen LogP contribution in [0.1, 0.15) is 17.3 Å². The molecule has 17 heavy (non-hydrogen) atoms. The molecule has 0 saturated carbocycles. The Labute approximate surface area is 105 Å². The van der Waals surface area contributed by atoms with Gasteiger partial charge >= 0.3 is 5.97 Å². The summed E-state index contributed by atoms with van der Waals surface area (Å²) < 4.78 is 0. The summed E-state index contributed by atoms with van der Waals surface area (Å²) in [5.41, 5.74) is 6.32. The number of aromatic carboxylic acids is 1. The number of carbonyl (C=O) groups is 1. The van der Waals surface area contributed by atoms with Crippen LogP contribution >= 0.6 is 11.8 Å². The first kappa shape index (κ1) is 13.6. The summed E-state index contributed by atoms with van der Waals surface area (Å²) >= 11 is 1.74. The fourth-order valence-corrected chi connectivity index (χ4v) is 2.15. The van der Waals surface area contributed by atoms with Gasteiger partial charge < -0.3 is 15.7 Å². The van der Waals surface area contributed by atoms with Crippen molar-refractivity contribution in [3.63, 3.8) is 0 Å². The first-order valence-electron chi connectivity index (χ1n) is 5.18. The predicted octanol–water partition coefficient (Wildman–Crippen LogP) is 1.55. The molecule has 0 fully saturated rings. The number of rotatable bonds is 5. The lowest BCUT2D eigenvalue weighted by molar-refractivity contribution is 0.0696. The van der Waals surface area contributed by atoms with Gasteiger partial charge in [0.05, 0.1) is 11.3 Å². The van der Waals surface area contributed by atoms with Gasteiger partial charge in [-0.15, -0.1) is 0 Å². The maximum absolute atomic E-state index is 10.8. The summed E-state index contributed by atoms with van der Waals surface area (Å²) in [5, 5.41) is 8.82. The molecule has 0 bridgehead atoms. The molecule has 0 aliphatic carbocycles. The second-order valence-electron chi connectivity index (χ2n) is 3.86. The van der Waals surface area contributed by atoms with Crippen LogP contribution in [0.2, 0.25) is 0 Å². The summed E-state index contributed by atoms with van der Waals surface area (Å²) in [6.07, 6.45) is 3.37. The second-order valence-corrected chi connectivity index (χ2v) is 4.77. The van der Waals surface area contributed by atoms with Crippen LogP contribution in [-0.2, 0) is 0 Å². The van der Waals surface area contributed by atoms with Gasteiger partial charge in [-0.05, 0) is 19.2 Å². The van der Waals surface area contributed by atoms with Gasteiger partial charge in [0, 0.05) is 25.0 Å². The van der Waals surface area contributed by atoms with Gasteiger partial charge in [0.1, 0.15) is 0 Å². The van der Waals surface area contributed by atoms with Gasteiger partial charge in [0.15, 0.2) is 5.82 Å². The number of hydrogen-bond donors (Lipinski definition) is 2. The highest BCUT2D eigenvalue weighted by Crippen LogP contribution is 2.22. The van der Waals surface area contributed by atoms with Crippen molar-refractivity contribution in [2.45, 2.75) is 13.0 Å². The third kappa shape index (κ3) is 3.26. The van der Waals surface area contributed by atoms with Gasteiger partial charge in [0.2, 0.25) is 0 Å². The van der Waals surface area contributed by atoms with Crippen LogP contribution in [0.25, 0.3) is 0 Å². The molecule has 1 unspecified atom stereocenters. The topological polar surface area (TPSA) is 79.5 Å². The van der Waals surface area contributed by atoms with Crippen LogP contribution in [-0.4, -0.2) is 41.2 Å². The molecule has 0 aromatic carbocycles. The second kappa shape index (κ2) is 5.77. The van der Waals surface area contributed by atoms with Gasteiger partial charge in [-0.3, -0.25) is 0 Å². The van der Waals surface area contributed by atoms with E-state index in [-0.39, 0.29) is 11.6 Å². The molecular formula is C11H17N3O2S. The highest BCUT2D eigenvalue weighted by Gasteiger charge is 2.15. The highest BCUT2D eigenvalue weighted by molar-refractivity contribution is 7.98. The Hall–Kier alpha value is -1.43. The van der Waals surface area contributed by atoms with E-state index in [1.807, 2.05) is 18.2 Å². The van der Waals surface area contributed by atoms with Gasteiger partial charge in [-0.1, -0.05) is 0 Å². The first-order valence-corrected chi connectivity index (χ1v) is 6.57. The molecule has 1 aromatic heterocycles. The van der Waals surface area contributed by atoms with Crippen molar-refractivity contribution in [3.05, 3.63) is 17.8 Å². The molecule has 0 amide bonds. The highest BCUT2D eigenvalue weighted by atomic mass is 32.2. The van der Waals surface area contributed by atoms with Crippen LogP contribution < -0.4 is 10.6 Å². The van der Waals surface area contributed by atoms with E-state index in [9.17, 15) is 4.79 Å². The van der Waals surface area contributed by atoms with Crippen LogP contribution in [0.3, 0.4) is 0 Å². The molecule has 94 valence electrons. The third-order valence-electron chi connectivity index (χ3n) is 2.55. The van der Waals surface area contributed by atoms with Crippen LogP contribution in [0, 0.1) is 0 Å². The molecule has 1 aromatic rings. The fourth-order valence-electron chi connectivity index (χ4n) is 1.45. The van der Waals surface area contributed by atoms with Crippen LogP contribution in [0.5, 0.6) is 0 Å². The molecule has 6 heteroatoms. The normalized spacial score (nSPS) is 12.2. The quantitative estimate of drug-likeness (QED) is 0.831. The average Bonchev–Trinajstić information content (AvgIpc) is 2.28. The zero-order chi connectivity index (χ0) is 13.0. The van der Waals surface area contributed by atoms with E-state index in [4.69, 9.17) is 10.8 Å². The van der Waals surface area contributed by atoms with Gasteiger partial charge in [-0.2, -0.15) is 11.8 Å². The number of carboxylic acids is 1. The summed E-state index contributed by atoms with van der Waals surface area (Å²) in [5.74, 6) is 0.560. The van der Waals surface area contributed by atoms with E-state index < -0.39 is 5.97 Å². The van der Waals surface area contributed by atoms with E-state index in [0.717, 1.165) is 5.75 Å². The van der Waals surface area contributed by atoms with Crippen molar-refractivity contribution < 1.29 is 9.90 Å². The number of nitrogens with zero attached hydrogens (tertiary/aromatic N) is 2. The van der Waals surface area contributed by atoms with Crippen molar-refractivity contribution >= 4 is 29.2 Å². The molecule has 1 atom stereocenters. The van der Waals surface area contributed by atoms with Crippen LogP contribution in [0.4, 0.5) is 11.5 Å². The van der Waals surface area contributed by atoms with E-state index in [1.54, 1.807) is 11.8 Å². The Bertz CT molecular complexity index is 412. The molecule has 0 aliphatic heterocycles. The monoisotopic (exact) mass is 255 g/mol. The average molecular weight is 255 g/mol. The molecular weight excluding hydrogens is 238 g/mol. The van der Waals surface area contributed by atoms with Gasteiger partial charge in [0.25, 0.3) is 0 Å². The Morgan fingerprint density at radius 1 is 1.71 bits per heavy atom. The maximum Gasteiger partial charge on any atom is 0.337 e. The minimum absolute atomic E-state index is 0.108. The summed E-state index contributed by atoms with van der Waals surface area (Å²) in [6.45, 7) is 2.07. The predicted molar refractivity (Wildman–Crippen MR) is 71.9 cm³/mol. The summed E-state index contributed by atoms with van der Waals surface area (Å²) in [6, 6.07) is 1.72. The number of pyridine rings is 1. The number of carboxylic acid groups (broad SMARTS) is 1.